The molecule has 5 rings (SSSR count). The number of fused-ring (bicyclic) bond motifs is 5. The molecule has 0 radical (unpaired) electrons. The maximum atomic E-state index is 12.1. The Balaban J connectivity index is 1.42. The summed E-state index contributed by atoms with van der Waals surface area (Å²) in [6.45, 7) is 8.82. The summed E-state index contributed by atoms with van der Waals surface area (Å²) >= 11 is 0. The normalized spacial score (nSPS) is 53.0. The number of Topliss-reactive ketones (excluding diaryl/α,β-unsaturated/α-hetero) is 1. The Kier molecular flexibility index (Phi) is 3.94. The molecule has 0 N–H and O–H groups in total. The van der Waals surface area contributed by atoms with Gasteiger partial charge in [0, 0.05) is 18.8 Å². The van der Waals surface area contributed by atoms with Gasteiger partial charge in [-0.2, -0.15) is 0 Å². The maximum Gasteiger partial charge on any atom is 0.169 e. The van der Waals surface area contributed by atoms with E-state index in [1.807, 2.05) is 0 Å². The molecule has 0 aromatic carbocycles. The first-order chi connectivity index (χ1) is 12.4. The predicted octanol–water partition coefficient (Wildman–Crippen LogP) is 4.98. The lowest BCUT2D eigenvalue weighted by atomic mass is 9.44. The molecule has 0 unspecified atom stereocenters. The number of ether oxygens (including phenoxy) is 2. The van der Waals surface area contributed by atoms with Crippen molar-refractivity contribution in [3.63, 3.8) is 0 Å². The van der Waals surface area contributed by atoms with Gasteiger partial charge in [-0.3, -0.25) is 4.79 Å². The number of rotatable bonds is 1. The summed E-state index contributed by atoms with van der Waals surface area (Å²) in [4.78, 5) is 12.1. The predicted molar refractivity (Wildman–Crippen MR) is 101 cm³/mol. The standard InChI is InChI=1S/C23H36O3/c1-21-10-8-16(24)14-15(21)4-5-17-18-6-7-20(23(3)25-12-13-26-23)22(18,2)11-9-19(17)21/h15,17-20H,4-14H2,1-3H3/t15-,17-,18+,19+,20+,21-,22-/m0/s1. The van der Waals surface area contributed by atoms with E-state index in [2.05, 4.69) is 20.8 Å². The van der Waals surface area contributed by atoms with Gasteiger partial charge < -0.3 is 9.47 Å². The molecule has 0 spiro atoms. The zero-order valence-electron chi connectivity index (χ0n) is 16.9. The van der Waals surface area contributed by atoms with E-state index in [4.69, 9.17) is 9.47 Å². The number of ketones is 1. The summed E-state index contributed by atoms with van der Waals surface area (Å²) in [7, 11) is 0. The second-order valence-electron chi connectivity index (χ2n) is 10.8. The summed E-state index contributed by atoms with van der Waals surface area (Å²) in [5.41, 5.74) is 0.786. The van der Waals surface area contributed by atoms with Crippen LogP contribution in [0.25, 0.3) is 0 Å². The highest BCUT2D eigenvalue weighted by atomic mass is 16.7. The van der Waals surface area contributed by atoms with Gasteiger partial charge in [0.15, 0.2) is 5.79 Å². The van der Waals surface area contributed by atoms with Crippen molar-refractivity contribution in [1.82, 2.24) is 0 Å². The highest BCUT2D eigenvalue weighted by molar-refractivity contribution is 5.79. The zero-order chi connectivity index (χ0) is 18.2. The topological polar surface area (TPSA) is 35.5 Å². The van der Waals surface area contributed by atoms with Crippen LogP contribution >= 0.6 is 0 Å². The molecule has 5 fully saturated rings. The molecule has 0 amide bonds. The Hall–Kier alpha value is -0.410. The molecule has 3 nitrogen and oxygen atoms in total. The maximum absolute atomic E-state index is 12.1. The van der Waals surface area contributed by atoms with E-state index in [1.54, 1.807) is 0 Å². The summed E-state index contributed by atoms with van der Waals surface area (Å²) < 4.78 is 12.3. The van der Waals surface area contributed by atoms with Crippen LogP contribution in [-0.4, -0.2) is 24.8 Å². The van der Waals surface area contributed by atoms with Gasteiger partial charge in [-0.05, 0) is 86.4 Å². The molecule has 0 aromatic rings. The molecule has 26 heavy (non-hydrogen) atoms. The molecule has 1 saturated heterocycles. The third kappa shape index (κ3) is 2.28. The van der Waals surface area contributed by atoms with Gasteiger partial charge in [0.25, 0.3) is 0 Å². The average molecular weight is 361 g/mol. The fourth-order valence-corrected chi connectivity index (χ4v) is 8.64. The van der Waals surface area contributed by atoms with Crippen LogP contribution in [0.5, 0.6) is 0 Å². The van der Waals surface area contributed by atoms with Crippen LogP contribution in [0.3, 0.4) is 0 Å². The first-order valence-electron chi connectivity index (χ1n) is 11.2. The molecule has 5 aliphatic rings. The van der Waals surface area contributed by atoms with E-state index in [0.717, 1.165) is 50.2 Å². The smallest absolute Gasteiger partial charge is 0.169 e. The summed E-state index contributed by atoms with van der Waals surface area (Å²) in [6, 6.07) is 0. The lowest BCUT2D eigenvalue weighted by molar-refractivity contribution is -0.217. The second kappa shape index (κ2) is 5.80. The van der Waals surface area contributed by atoms with Gasteiger partial charge in [-0.15, -0.1) is 0 Å². The lowest BCUT2D eigenvalue weighted by Gasteiger charge is -2.60. The van der Waals surface area contributed by atoms with Crippen LogP contribution in [0, 0.1) is 40.4 Å². The number of carbonyl (C=O) groups is 1. The summed E-state index contributed by atoms with van der Waals surface area (Å²) in [6.07, 6.45) is 10.8. The van der Waals surface area contributed by atoms with E-state index in [1.165, 1.54) is 38.5 Å². The highest BCUT2D eigenvalue weighted by Gasteiger charge is 2.63. The Bertz CT molecular complexity index is 594. The molecule has 7 atom stereocenters. The van der Waals surface area contributed by atoms with E-state index in [9.17, 15) is 4.79 Å². The Morgan fingerprint density at radius 2 is 1.58 bits per heavy atom. The molecule has 0 aromatic heterocycles. The van der Waals surface area contributed by atoms with Crippen molar-refractivity contribution in [2.45, 2.75) is 84.3 Å². The molecule has 1 aliphatic heterocycles. The number of hydrogen-bond donors (Lipinski definition) is 0. The quantitative estimate of drug-likeness (QED) is 0.662. The summed E-state index contributed by atoms with van der Waals surface area (Å²) in [5.74, 6) is 3.90. The highest BCUT2D eigenvalue weighted by Crippen LogP contribution is 2.68. The van der Waals surface area contributed by atoms with Gasteiger partial charge in [-0.1, -0.05) is 13.8 Å². The molecule has 4 saturated carbocycles. The third-order valence-corrected chi connectivity index (χ3v) is 9.98. The van der Waals surface area contributed by atoms with Gasteiger partial charge in [0.2, 0.25) is 0 Å². The fourth-order valence-electron chi connectivity index (χ4n) is 8.64. The molecule has 1 heterocycles. The molecular formula is C23H36O3. The first kappa shape index (κ1) is 17.7. The lowest BCUT2D eigenvalue weighted by Crippen LogP contribution is -2.55. The monoisotopic (exact) mass is 360 g/mol. The van der Waals surface area contributed by atoms with Crippen LogP contribution in [0.1, 0.15) is 78.6 Å². The number of hydrogen-bond acceptors (Lipinski definition) is 3. The fraction of sp³-hybridized carbons (Fsp3) is 0.957. The van der Waals surface area contributed by atoms with Crippen LogP contribution in [-0.2, 0) is 14.3 Å². The molecule has 146 valence electrons. The minimum Gasteiger partial charge on any atom is -0.348 e. The Labute approximate surface area is 158 Å². The Morgan fingerprint density at radius 3 is 2.35 bits per heavy atom. The van der Waals surface area contributed by atoms with Gasteiger partial charge in [-0.25, -0.2) is 0 Å². The first-order valence-corrected chi connectivity index (χ1v) is 11.2. The Morgan fingerprint density at radius 1 is 0.846 bits per heavy atom. The second-order valence-corrected chi connectivity index (χ2v) is 10.8. The van der Waals surface area contributed by atoms with E-state index < -0.39 is 0 Å². The van der Waals surface area contributed by atoms with Crippen molar-refractivity contribution in [2.24, 2.45) is 40.4 Å². The van der Waals surface area contributed by atoms with E-state index in [-0.39, 0.29) is 5.79 Å². The van der Waals surface area contributed by atoms with Crippen molar-refractivity contribution in [3.05, 3.63) is 0 Å². The summed E-state index contributed by atoms with van der Waals surface area (Å²) in [5, 5.41) is 0. The van der Waals surface area contributed by atoms with E-state index in [0.29, 0.717) is 28.4 Å². The van der Waals surface area contributed by atoms with Crippen LogP contribution in [0.15, 0.2) is 0 Å². The van der Waals surface area contributed by atoms with Gasteiger partial charge in [0.1, 0.15) is 5.78 Å². The zero-order valence-corrected chi connectivity index (χ0v) is 16.9. The van der Waals surface area contributed by atoms with Crippen molar-refractivity contribution in [1.29, 1.82) is 0 Å². The molecule has 3 heteroatoms. The van der Waals surface area contributed by atoms with Crippen LogP contribution < -0.4 is 0 Å². The van der Waals surface area contributed by atoms with Crippen LogP contribution in [0.4, 0.5) is 0 Å². The number of carbonyl (C=O) groups excluding carboxylic acids is 1. The molecular weight excluding hydrogens is 324 g/mol. The van der Waals surface area contributed by atoms with Gasteiger partial charge >= 0.3 is 0 Å². The van der Waals surface area contributed by atoms with Crippen LogP contribution in [0.2, 0.25) is 0 Å². The van der Waals surface area contributed by atoms with Crippen molar-refractivity contribution >= 4 is 5.78 Å². The molecule has 4 aliphatic carbocycles. The van der Waals surface area contributed by atoms with E-state index >= 15 is 0 Å². The van der Waals surface area contributed by atoms with Gasteiger partial charge in [0.05, 0.1) is 13.2 Å². The van der Waals surface area contributed by atoms with Crippen molar-refractivity contribution in [3.8, 4) is 0 Å². The van der Waals surface area contributed by atoms with Crippen molar-refractivity contribution in [2.75, 3.05) is 13.2 Å². The van der Waals surface area contributed by atoms with Crippen molar-refractivity contribution < 1.29 is 14.3 Å². The SMILES string of the molecule is CC1([C@@H]2CC[C@@H]3[C@@H]4CC[C@H]5CC(=O)CC[C@]5(C)[C@@H]4CC[C@@]32C)OCCO1. The largest absolute Gasteiger partial charge is 0.348 e. The molecule has 0 bridgehead atoms. The minimum absolute atomic E-state index is 0.352. The third-order valence-electron chi connectivity index (χ3n) is 9.98. The minimum atomic E-state index is -0.352. The average Bonchev–Trinajstić information content (AvgIpc) is 3.19.